The van der Waals surface area contributed by atoms with Crippen molar-refractivity contribution in [3.05, 3.63) is 16.6 Å². The Balaban J connectivity index is 3.35. The first-order valence-electron chi connectivity index (χ1n) is 2.10. The number of nitrogens with two attached hydrogens (primary N) is 1. The van der Waals surface area contributed by atoms with Crippen LogP contribution in [0.4, 0.5) is 5.82 Å². The summed E-state index contributed by atoms with van der Waals surface area (Å²) in [6.07, 6.45) is 3.32. The van der Waals surface area contributed by atoms with Crippen molar-refractivity contribution in [2.45, 2.75) is 0 Å². The van der Waals surface area contributed by atoms with Gasteiger partial charge in [-0.25, -0.2) is 0 Å². The number of nitrogens with one attached hydrogen (secondary N) is 1. The Kier molecular flexibility index (Phi) is 1.46. The van der Waals surface area contributed by atoms with E-state index in [-0.39, 0.29) is 0 Å². The van der Waals surface area contributed by atoms with Crippen molar-refractivity contribution >= 4 is 21.4 Å². The first kappa shape index (κ1) is 5.53. The van der Waals surface area contributed by atoms with E-state index in [0.717, 1.165) is 4.19 Å². The SMILES string of the molecule is Nc1ncc[nH]c1=[Se]. The summed E-state index contributed by atoms with van der Waals surface area (Å²) in [7, 11) is 0. The zero-order valence-corrected chi connectivity index (χ0v) is 5.80. The summed E-state index contributed by atoms with van der Waals surface area (Å²) >= 11 is 2.73. The molecule has 42 valence electrons. The maximum absolute atomic E-state index is 5.35. The average Bonchev–Trinajstić information content (AvgIpc) is 1.77. The topological polar surface area (TPSA) is 54.7 Å². The van der Waals surface area contributed by atoms with Crippen molar-refractivity contribution in [3.8, 4) is 0 Å². The molecule has 0 bridgehead atoms. The van der Waals surface area contributed by atoms with Crippen LogP contribution in [0.1, 0.15) is 0 Å². The fourth-order valence-electron chi connectivity index (χ4n) is 0.363. The molecule has 0 saturated heterocycles. The van der Waals surface area contributed by atoms with E-state index in [9.17, 15) is 0 Å². The Bertz CT molecular complexity index is 229. The van der Waals surface area contributed by atoms with Gasteiger partial charge in [-0.1, -0.05) is 0 Å². The van der Waals surface area contributed by atoms with Gasteiger partial charge in [0.1, 0.15) is 0 Å². The molecule has 0 aromatic carbocycles. The molecule has 0 aliphatic carbocycles. The van der Waals surface area contributed by atoms with E-state index in [2.05, 4.69) is 25.5 Å². The van der Waals surface area contributed by atoms with Crippen LogP contribution >= 0.6 is 0 Å². The van der Waals surface area contributed by atoms with Gasteiger partial charge in [0.2, 0.25) is 0 Å². The van der Waals surface area contributed by atoms with E-state index in [1.165, 1.54) is 0 Å². The summed E-state index contributed by atoms with van der Waals surface area (Å²) < 4.78 is 0.785. The molecule has 0 aliphatic rings. The molecule has 0 atom stereocenters. The number of hydrogen-bond acceptors (Lipinski definition) is 2. The van der Waals surface area contributed by atoms with Crippen LogP contribution in [0.3, 0.4) is 0 Å². The molecule has 0 spiro atoms. The Hall–Kier alpha value is -0.601. The molecule has 0 aliphatic heterocycles. The van der Waals surface area contributed by atoms with E-state index in [1.54, 1.807) is 12.4 Å². The van der Waals surface area contributed by atoms with Crippen molar-refractivity contribution in [3.63, 3.8) is 0 Å². The van der Waals surface area contributed by atoms with Crippen LogP contribution in [0.5, 0.6) is 0 Å². The van der Waals surface area contributed by atoms with Gasteiger partial charge >= 0.3 is 53.7 Å². The van der Waals surface area contributed by atoms with Gasteiger partial charge in [-0.15, -0.1) is 0 Å². The fourth-order valence-corrected chi connectivity index (χ4v) is 0.616. The third-order valence-electron chi connectivity index (χ3n) is 0.735. The average molecular weight is 174 g/mol. The van der Waals surface area contributed by atoms with Crippen molar-refractivity contribution in [1.82, 2.24) is 9.97 Å². The monoisotopic (exact) mass is 175 g/mol. The van der Waals surface area contributed by atoms with Crippen LogP contribution in [-0.2, 0) is 0 Å². The van der Waals surface area contributed by atoms with Gasteiger partial charge < -0.3 is 0 Å². The van der Waals surface area contributed by atoms with Crippen LogP contribution in [-0.4, -0.2) is 25.5 Å². The number of hydrogen-bond donors (Lipinski definition) is 2. The van der Waals surface area contributed by atoms with Crippen molar-refractivity contribution in [2.24, 2.45) is 0 Å². The predicted octanol–water partition coefficient (Wildman–Crippen LogP) is -0.308. The second kappa shape index (κ2) is 2.11. The summed E-state index contributed by atoms with van der Waals surface area (Å²) in [6.45, 7) is 0. The number of rotatable bonds is 0. The molecule has 3 nitrogen and oxygen atoms in total. The summed E-state index contributed by atoms with van der Waals surface area (Å²) in [6, 6.07) is 0. The molecule has 8 heavy (non-hydrogen) atoms. The van der Waals surface area contributed by atoms with Crippen LogP contribution < -0.4 is 5.73 Å². The van der Waals surface area contributed by atoms with Crippen molar-refractivity contribution < 1.29 is 0 Å². The van der Waals surface area contributed by atoms with Gasteiger partial charge in [-0.3, -0.25) is 0 Å². The molecule has 1 heterocycles. The van der Waals surface area contributed by atoms with E-state index in [1.807, 2.05) is 0 Å². The minimum atomic E-state index is 0.507. The summed E-state index contributed by atoms with van der Waals surface area (Å²) in [5.74, 6) is 0.507. The Labute approximate surface area is 54.3 Å². The van der Waals surface area contributed by atoms with E-state index >= 15 is 0 Å². The zero-order valence-electron chi connectivity index (χ0n) is 4.09. The maximum atomic E-state index is 5.35. The number of nitrogens with zero attached hydrogens (tertiary/aromatic N) is 1. The molecule has 3 N–H and O–H groups in total. The second-order valence-electron chi connectivity index (χ2n) is 1.30. The molecule has 0 amide bonds. The van der Waals surface area contributed by atoms with Crippen LogP contribution in [0.2, 0.25) is 0 Å². The molecule has 4 heteroatoms. The quantitative estimate of drug-likeness (QED) is 0.530. The molecule has 0 radical (unpaired) electrons. The van der Waals surface area contributed by atoms with Crippen molar-refractivity contribution in [1.29, 1.82) is 0 Å². The van der Waals surface area contributed by atoms with Gasteiger partial charge in [0.25, 0.3) is 0 Å². The first-order chi connectivity index (χ1) is 3.80. The molecular formula is C4H5N3Se. The van der Waals surface area contributed by atoms with Gasteiger partial charge in [-0.05, 0) is 0 Å². The van der Waals surface area contributed by atoms with Crippen LogP contribution in [0.15, 0.2) is 12.4 Å². The summed E-state index contributed by atoms with van der Waals surface area (Å²) in [5, 5.41) is 0. The summed E-state index contributed by atoms with van der Waals surface area (Å²) in [4.78, 5) is 6.65. The number of H-pyrrole nitrogens is 1. The van der Waals surface area contributed by atoms with Gasteiger partial charge in [0, 0.05) is 0 Å². The van der Waals surface area contributed by atoms with Crippen molar-refractivity contribution in [2.75, 3.05) is 5.73 Å². The van der Waals surface area contributed by atoms with Gasteiger partial charge in [-0.2, -0.15) is 0 Å². The standard InChI is InChI=1S/C4H5N3Se/c5-3-4(8)7-2-1-6-3/h1-2H,(H2,5,6)(H,7,8). The van der Waals surface area contributed by atoms with E-state index < -0.39 is 0 Å². The molecule has 0 unspecified atom stereocenters. The van der Waals surface area contributed by atoms with Gasteiger partial charge in [0.05, 0.1) is 0 Å². The third kappa shape index (κ3) is 0.966. The zero-order chi connectivity index (χ0) is 5.98. The normalized spacial score (nSPS) is 9.00. The third-order valence-corrected chi connectivity index (χ3v) is 1.42. The predicted molar refractivity (Wildman–Crippen MR) is 32.0 cm³/mol. The number of aromatic nitrogens is 2. The van der Waals surface area contributed by atoms with E-state index in [4.69, 9.17) is 5.73 Å². The van der Waals surface area contributed by atoms with Gasteiger partial charge in [0.15, 0.2) is 0 Å². The van der Waals surface area contributed by atoms with Crippen LogP contribution in [0, 0.1) is 4.19 Å². The number of anilines is 1. The Morgan fingerprint density at radius 1 is 1.75 bits per heavy atom. The number of nitrogen functional groups attached to an aromatic ring is 1. The molecular weight excluding hydrogens is 169 g/mol. The molecule has 1 aromatic rings. The molecule has 0 fully saturated rings. The first-order valence-corrected chi connectivity index (χ1v) is 2.95. The molecule has 1 aromatic heterocycles. The minimum absolute atomic E-state index is 0.507. The Morgan fingerprint density at radius 3 is 2.88 bits per heavy atom. The second-order valence-corrected chi connectivity index (χ2v) is 2.16. The summed E-state index contributed by atoms with van der Waals surface area (Å²) in [5.41, 5.74) is 5.35. The number of aromatic amines is 1. The molecule has 1 rings (SSSR count). The van der Waals surface area contributed by atoms with E-state index in [0.29, 0.717) is 5.82 Å². The van der Waals surface area contributed by atoms with Crippen LogP contribution in [0.25, 0.3) is 0 Å². The molecule has 0 saturated carbocycles. The fraction of sp³-hybridized carbons (Fsp3) is 0. The Morgan fingerprint density at radius 2 is 2.50 bits per heavy atom.